The molecule has 0 aliphatic carbocycles. The second-order valence-corrected chi connectivity index (χ2v) is 8.81. The minimum absolute atomic E-state index is 0.0333. The molecule has 3 aromatic heterocycles. The van der Waals surface area contributed by atoms with Crippen molar-refractivity contribution in [3.8, 4) is 0 Å². The van der Waals surface area contributed by atoms with Crippen molar-refractivity contribution in [2.75, 3.05) is 13.1 Å². The van der Waals surface area contributed by atoms with E-state index in [0.717, 1.165) is 28.8 Å². The number of nitrogens with one attached hydrogen (secondary N) is 1. The van der Waals surface area contributed by atoms with E-state index in [4.69, 9.17) is 4.98 Å². The van der Waals surface area contributed by atoms with Crippen molar-refractivity contribution in [2.24, 2.45) is 0 Å². The average molecular weight is 404 g/mol. The predicted octanol–water partition coefficient (Wildman–Crippen LogP) is 3.73. The molecule has 4 aromatic rings. The van der Waals surface area contributed by atoms with Crippen LogP contribution in [0.4, 0.5) is 0 Å². The molecular weight excluding hydrogens is 384 g/mol. The van der Waals surface area contributed by atoms with Crippen LogP contribution in [0.3, 0.4) is 0 Å². The number of nitrogens with zero attached hydrogens (tertiary/aromatic N) is 3. The Balaban J connectivity index is 1.36. The van der Waals surface area contributed by atoms with Gasteiger partial charge in [-0.25, -0.2) is 9.97 Å². The average Bonchev–Trinajstić information content (AvgIpc) is 3.19. The van der Waals surface area contributed by atoms with Gasteiger partial charge in [-0.2, -0.15) is 0 Å². The quantitative estimate of drug-likeness (QED) is 0.552. The molecule has 7 heteroatoms. The molecule has 0 saturated carbocycles. The summed E-state index contributed by atoms with van der Waals surface area (Å²) < 4.78 is 1.20. The van der Waals surface area contributed by atoms with Gasteiger partial charge in [-0.1, -0.05) is 25.1 Å². The van der Waals surface area contributed by atoms with Gasteiger partial charge in [0.25, 0.3) is 11.5 Å². The van der Waals surface area contributed by atoms with Crippen LogP contribution in [0.15, 0.2) is 53.5 Å². The van der Waals surface area contributed by atoms with Crippen LogP contribution in [0.2, 0.25) is 0 Å². The minimum Gasteiger partial charge on any atom is -0.337 e. The standard InChI is InChI=1S/C22H20N4O2S/c1-22(21-25-15-4-2-3-5-17(15)29-21)9-12-26(13-10-22)20(28)16-7-6-14-8-11-23-19(27)18(14)24-16/h2-8,11H,9-10,12-13H2,1H3,(H,23,27). The Morgan fingerprint density at radius 1 is 1.10 bits per heavy atom. The summed E-state index contributed by atoms with van der Waals surface area (Å²) in [4.78, 5) is 38.6. The summed E-state index contributed by atoms with van der Waals surface area (Å²) in [6.07, 6.45) is 3.29. The van der Waals surface area contributed by atoms with Gasteiger partial charge in [0.2, 0.25) is 0 Å². The van der Waals surface area contributed by atoms with E-state index in [1.807, 2.05) is 23.1 Å². The number of aromatic nitrogens is 3. The second kappa shape index (κ2) is 6.77. The number of amides is 1. The highest BCUT2D eigenvalue weighted by Crippen LogP contribution is 2.39. The van der Waals surface area contributed by atoms with Crippen LogP contribution in [-0.2, 0) is 5.41 Å². The van der Waals surface area contributed by atoms with Gasteiger partial charge in [-0.05, 0) is 37.1 Å². The maximum atomic E-state index is 13.0. The van der Waals surface area contributed by atoms with Gasteiger partial charge in [0.1, 0.15) is 11.2 Å². The summed E-state index contributed by atoms with van der Waals surface area (Å²) in [6, 6.07) is 13.5. The lowest BCUT2D eigenvalue weighted by molar-refractivity contribution is 0.0670. The van der Waals surface area contributed by atoms with Gasteiger partial charge >= 0.3 is 0 Å². The molecule has 4 heterocycles. The number of pyridine rings is 2. The zero-order valence-corrected chi connectivity index (χ0v) is 16.8. The van der Waals surface area contributed by atoms with Crippen molar-refractivity contribution in [3.05, 3.63) is 69.7 Å². The van der Waals surface area contributed by atoms with Crippen LogP contribution >= 0.6 is 11.3 Å². The molecule has 0 bridgehead atoms. The third-order valence-electron chi connectivity index (χ3n) is 5.80. The molecule has 6 nitrogen and oxygen atoms in total. The fourth-order valence-electron chi connectivity index (χ4n) is 3.89. The molecule has 1 fully saturated rings. The molecule has 5 rings (SSSR count). The molecule has 0 radical (unpaired) electrons. The van der Waals surface area contributed by atoms with E-state index < -0.39 is 0 Å². The molecule has 1 saturated heterocycles. The summed E-state index contributed by atoms with van der Waals surface area (Å²) in [5, 5.41) is 1.87. The lowest BCUT2D eigenvalue weighted by atomic mass is 9.81. The molecule has 1 aromatic carbocycles. The summed E-state index contributed by atoms with van der Waals surface area (Å²) in [5.74, 6) is -0.124. The highest BCUT2D eigenvalue weighted by molar-refractivity contribution is 7.18. The van der Waals surface area contributed by atoms with E-state index in [1.165, 1.54) is 4.70 Å². The Kier molecular flexibility index (Phi) is 4.20. The smallest absolute Gasteiger partial charge is 0.274 e. The third kappa shape index (κ3) is 3.11. The van der Waals surface area contributed by atoms with E-state index in [0.29, 0.717) is 24.3 Å². The Labute approximate surface area is 171 Å². The number of thiazole rings is 1. The van der Waals surface area contributed by atoms with Crippen molar-refractivity contribution in [1.29, 1.82) is 0 Å². The molecular formula is C22H20N4O2S. The number of hydrogen-bond donors (Lipinski definition) is 1. The van der Waals surface area contributed by atoms with E-state index in [1.54, 1.807) is 35.7 Å². The normalized spacial score (nSPS) is 16.4. The highest BCUT2D eigenvalue weighted by Gasteiger charge is 2.36. The lowest BCUT2D eigenvalue weighted by Crippen LogP contribution is -2.44. The largest absolute Gasteiger partial charge is 0.337 e. The number of carbonyl (C=O) groups is 1. The molecule has 29 heavy (non-hydrogen) atoms. The summed E-state index contributed by atoms with van der Waals surface area (Å²) >= 11 is 1.75. The van der Waals surface area contributed by atoms with Gasteiger partial charge in [0.05, 0.1) is 15.2 Å². The topological polar surface area (TPSA) is 79.0 Å². The first-order chi connectivity index (χ1) is 14.0. The number of piperidine rings is 1. The maximum Gasteiger partial charge on any atom is 0.274 e. The van der Waals surface area contributed by atoms with Gasteiger partial charge < -0.3 is 9.88 Å². The van der Waals surface area contributed by atoms with Crippen molar-refractivity contribution in [3.63, 3.8) is 0 Å². The fourth-order valence-corrected chi connectivity index (χ4v) is 5.06. The molecule has 1 aliphatic heterocycles. The summed E-state index contributed by atoms with van der Waals surface area (Å²) in [6.45, 7) is 3.53. The molecule has 146 valence electrons. The van der Waals surface area contributed by atoms with Gasteiger partial charge in [0, 0.05) is 30.1 Å². The summed E-state index contributed by atoms with van der Waals surface area (Å²) in [7, 11) is 0. The van der Waals surface area contributed by atoms with E-state index in [9.17, 15) is 9.59 Å². The van der Waals surface area contributed by atoms with E-state index >= 15 is 0 Å². The lowest BCUT2D eigenvalue weighted by Gasteiger charge is -2.38. The Bertz CT molecular complexity index is 1250. The predicted molar refractivity (Wildman–Crippen MR) is 114 cm³/mol. The van der Waals surface area contributed by atoms with Gasteiger partial charge in [-0.3, -0.25) is 9.59 Å². The minimum atomic E-state index is -0.279. The zero-order valence-electron chi connectivity index (χ0n) is 16.0. The molecule has 1 aliphatic rings. The number of aromatic amines is 1. The molecule has 1 N–H and O–H groups in total. The van der Waals surface area contributed by atoms with Gasteiger partial charge in [-0.15, -0.1) is 11.3 Å². The number of carbonyl (C=O) groups excluding carboxylic acids is 1. The number of fused-ring (bicyclic) bond motifs is 2. The van der Waals surface area contributed by atoms with Crippen LogP contribution in [0.25, 0.3) is 21.1 Å². The number of hydrogen-bond acceptors (Lipinski definition) is 5. The van der Waals surface area contributed by atoms with Gasteiger partial charge in [0.15, 0.2) is 0 Å². The first kappa shape index (κ1) is 18.0. The summed E-state index contributed by atoms with van der Waals surface area (Å²) in [5.41, 5.74) is 1.35. The van der Waals surface area contributed by atoms with Crippen LogP contribution in [0, 0.1) is 0 Å². The second-order valence-electron chi connectivity index (χ2n) is 7.78. The van der Waals surface area contributed by atoms with Crippen molar-refractivity contribution in [1.82, 2.24) is 19.9 Å². The van der Waals surface area contributed by atoms with Crippen molar-refractivity contribution >= 4 is 38.4 Å². The van der Waals surface area contributed by atoms with Crippen molar-refractivity contribution in [2.45, 2.75) is 25.2 Å². The van der Waals surface area contributed by atoms with Crippen LogP contribution in [0.5, 0.6) is 0 Å². The van der Waals surface area contributed by atoms with Crippen LogP contribution in [-0.4, -0.2) is 38.8 Å². The molecule has 0 atom stereocenters. The number of para-hydroxylation sites is 1. The number of benzene rings is 1. The first-order valence-corrected chi connectivity index (χ1v) is 10.5. The van der Waals surface area contributed by atoms with E-state index in [2.05, 4.69) is 23.0 Å². The van der Waals surface area contributed by atoms with Crippen LogP contribution in [0.1, 0.15) is 35.3 Å². The first-order valence-electron chi connectivity index (χ1n) is 9.67. The molecule has 0 spiro atoms. The number of H-pyrrole nitrogens is 1. The maximum absolute atomic E-state index is 13.0. The Morgan fingerprint density at radius 3 is 2.69 bits per heavy atom. The zero-order chi connectivity index (χ0) is 20.0. The Hall–Kier alpha value is -3.06. The SMILES string of the molecule is CC1(c2nc3ccccc3s2)CCN(C(=O)c2ccc3cc[nH]c(=O)c3n2)CC1. The third-order valence-corrected chi connectivity index (χ3v) is 7.14. The fraction of sp³-hybridized carbons (Fsp3) is 0.273. The molecule has 0 unspecified atom stereocenters. The van der Waals surface area contributed by atoms with Crippen LogP contribution < -0.4 is 5.56 Å². The number of rotatable bonds is 2. The van der Waals surface area contributed by atoms with Crippen molar-refractivity contribution < 1.29 is 4.79 Å². The molecule has 1 amide bonds. The Morgan fingerprint density at radius 2 is 1.90 bits per heavy atom. The number of likely N-dealkylation sites (tertiary alicyclic amines) is 1. The van der Waals surface area contributed by atoms with E-state index in [-0.39, 0.29) is 16.9 Å². The monoisotopic (exact) mass is 404 g/mol. The highest BCUT2D eigenvalue weighted by atomic mass is 32.1.